The number of fused-ring (bicyclic) bond motifs is 4. The van der Waals surface area contributed by atoms with Crippen molar-refractivity contribution in [1.82, 2.24) is 25.2 Å². The Hall–Kier alpha value is -4.21. The van der Waals surface area contributed by atoms with Crippen molar-refractivity contribution in [3.63, 3.8) is 0 Å². The third-order valence-corrected chi connectivity index (χ3v) is 7.35. The van der Waals surface area contributed by atoms with Gasteiger partial charge in [-0.3, -0.25) is 4.79 Å². The van der Waals surface area contributed by atoms with Crippen molar-refractivity contribution in [3.8, 4) is 11.1 Å². The van der Waals surface area contributed by atoms with Crippen LogP contribution < -0.4 is 16.0 Å². The molecule has 9 heteroatoms. The normalized spacial score (nSPS) is 17.0. The van der Waals surface area contributed by atoms with Crippen molar-refractivity contribution in [2.45, 2.75) is 25.4 Å². The monoisotopic (exact) mass is 494 g/mol. The summed E-state index contributed by atoms with van der Waals surface area (Å²) in [5, 5.41) is 15.2. The van der Waals surface area contributed by atoms with Crippen molar-refractivity contribution >= 4 is 33.9 Å². The number of anilines is 2. The van der Waals surface area contributed by atoms with E-state index in [1.165, 1.54) is 5.56 Å². The summed E-state index contributed by atoms with van der Waals surface area (Å²) >= 11 is 0. The van der Waals surface area contributed by atoms with Crippen LogP contribution in [0, 0.1) is 0 Å². The van der Waals surface area contributed by atoms with Crippen LogP contribution in [0.25, 0.3) is 27.6 Å². The van der Waals surface area contributed by atoms with Crippen molar-refractivity contribution in [1.29, 1.82) is 0 Å². The molecule has 0 saturated carbocycles. The van der Waals surface area contributed by atoms with Gasteiger partial charge in [-0.05, 0) is 54.4 Å². The van der Waals surface area contributed by atoms with Gasteiger partial charge in [0.05, 0.1) is 41.5 Å². The van der Waals surface area contributed by atoms with Gasteiger partial charge in [0.2, 0.25) is 0 Å². The van der Waals surface area contributed by atoms with Crippen LogP contribution in [-0.4, -0.2) is 40.8 Å². The first-order chi connectivity index (χ1) is 18.2. The molecule has 1 aromatic carbocycles. The molecule has 4 aromatic heterocycles. The Morgan fingerprint density at radius 1 is 1.16 bits per heavy atom. The number of hydrogen-bond acceptors (Lipinski definition) is 7. The number of rotatable bonds is 6. The van der Waals surface area contributed by atoms with Gasteiger partial charge >= 0.3 is 0 Å². The van der Waals surface area contributed by atoms with Gasteiger partial charge in [-0.2, -0.15) is 5.10 Å². The van der Waals surface area contributed by atoms with E-state index in [9.17, 15) is 4.79 Å². The average molecular weight is 495 g/mol. The molecule has 1 saturated heterocycles. The van der Waals surface area contributed by atoms with Gasteiger partial charge in [-0.25, -0.2) is 9.50 Å². The molecule has 0 spiro atoms. The van der Waals surface area contributed by atoms with E-state index in [2.05, 4.69) is 33.2 Å². The Balaban J connectivity index is 1.30. The van der Waals surface area contributed by atoms with Crippen LogP contribution in [0.3, 0.4) is 0 Å². The molecule has 0 aliphatic carbocycles. The number of nitrogens with zero attached hydrogens (tertiary/aromatic N) is 3. The average Bonchev–Trinajstić information content (AvgIpc) is 3.71. The standard InChI is InChI=1S/C28H26N6O3/c1-29-14-23-17(16-7-10-36-15-16)3-5-25(33-23)32-22-4-2-18(20-12-30-28(35)26(20)22)21-13-31-34-9-6-24-19(27(21)34)8-11-37-24/h2-6,8-9,11,13,16,29H,7,10,12,14-15H2,1H3,(H,30,35)(H,32,33). The molecule has 6 heterocycles. The smallest absolute Gasteiger partial charge is 0.254 e. The zero-order valence-electron chi connectivity index (χ0n) is 20.4. The minimum Gasteiger partial charge on any atom is -0.464 e. The molecule has 0 bridgehead atoms. The van der Waals surface area contributed by atoms with Gasteiger partial charge in [-0.1, -0.05) is 12.1 Å². The minimum absolute atomic E-state index is 0.0977. The second kappa shape index (κ2) is 8.72. The van der Waals surface area contributed by atoms with Crippen molar-refractivity contribution in [2.24, 2.45) is 0 Å². The maximum atomic E-state index is 13.0. The highest BCUT2D eigenvalue weighted by molar-refractivity contribution is 6.08. The van der Waals surface area contributed by atoms with E-state index in [1.54, 1.807) is 6.26 Å². The summed E-state index contributed by atoms with van der Waals surface area (Å²) in [5.74, 6) is 0.977. The molecule has 1 amide bonds. The second-order valence-corrected chi connectivity index (χ2v) is 9.51. The van der Waals surface area contributed by atoms with Crippen LogP contribution >= 0.6 is 0 Å². The first-order valence-electron chi connectivity index (χ1n) is 12.5. The van der Waals surface area contributed by atoms with Crippen molar-refractivity contribution in [3.05, 3.63) is 77.4 Å². The highest BCUT2D eigenvalue weighted by atomic mass is 16.5. The van der Waals surface area contributed by atoms with E-state index in [0.29, 0.717) is 30.4 Å². The summed E-state index contributed by atoms with van der Waals surface area (Å²) in [6, 6.07) is 12.0. The quantitative estimate of drug-likeness (QED) is 0.322. The summed E-state index contributed by atoms with van der Waals surface area (Å²) in [6.07, 6.45) is 6.43. The minimum atomic E-state index is -0.0977. The molecule has 1 unspecified atom stereocenters. The Morgan fingerprint density at radius 2 is 2.11 bits per heavy atom. The van der Waals surface area contributed by atoms with E-state index in [-0.39, 0.29) is 5.91 Å². The van der Waals surface area contributed by atoms with Gasteiger partial charge in [0.25, 0.3) is 5.91 Å². The fourth-order valence-electron chi connectivity index (χ4n) is 5.61. The van der Waals surface area contributed by atoms with E-state index < -0.39 is 0 Å². The zero-order valence-corrected chi connectivity index (χ0v) is 20.4. The number of carbonyl (C=O) groups excluding carboxylic acids is 1. The van der Waals surface area contributed by atoms with E-state index in [1.807, 2.05) is 48.2 Å². The van der Waals surface area contributed by atoms with Gasteiger partial charge in [0.1, 0.15) is 11.4 Å². The lowest BCUT2D eigenvalue weighted by Gasteiger charge is -2.17. The molecule has 2 aliphatic rings. The number of aromatic nitrogens is 3. The molecule has 186 valence electrons. The first-order valence-corrected chi connectivity index (χ1v) is 12.5. The van der Waals surface area contributed by atoms with Gasteiger partial charge in [0, 0.05) is 42.8 Å². The summed E-state index contributed by atoms with van der Waals surface area (Å²) < 4.78 is 13.1. The maximum absolute atomic E-state index is 13.0. The van der Waals surface area contributed by atoms with Crippen LogP contribution in [0.1, 0.15) is 39.5 Å². The number of pyridine rings is 2. The zero-order chi connectivity index (χ0) is 24.9. The predicted octanol–water partition coefficient (Wildman–Crippen LogP) is 4.35. The molecule has 5 aromatic rings. The SMILES string of the molecule is CNCc1nc(Nc2ccc(-c3cnn4ccc5occc5c34)c3c2C(=O)NC3)ccc1C1CCOC1. The molecule has 3 N–H and O–H groups in total. The number of furan rings is 1. The van der Waals surface area contributed by atoms with Gasteiger partial charge in [-0.15, -0.1) is 0 Å². The predicted molar refractivity (Wildman–Crippen MR) is 140 cm³/mol. The second-order valence-electron chi connectivity index (χ2n) is 9.51. The summed E-state index contributed by atoms with van der Waals surface area (Å²) in [7, 11) is 1.92. The van der Waals surface area contributed by atoms with Crippen LogP contribution in [0.2, 0.25) is 0 Å². The molecule has 2 aliphatic heterocycles. The van der Waals surface area contributed by atoms with Crippen molar-refractivity contribution < 1.29 is 13.9 Å². The molecule has 7 rings (SSSR count). The molecule has 0 radical (unpaired) electrons. The molecule has 1 atom stereocenters. The fourth-order valence-corrected chi connectivity index (χ4v) is 5.61. The Kier molecular flexibility index (Phi) is 5.19. The lowest BCUT2D eigenvalue weighted by molar-refractivity contribution is 0.0966. The van der Waals surface area contributed by atoms with Crippen LogP contribution in [-0.2, 0) is 17.8 Å². The first kappa shape index (κ1) is 22.0. The lowest BCUT2D eigenvalue weighted by atomic mass is 9.95. The van der Waals surface area contributed by atoms with Crippen LogP contribution in [0.5, 0.6) is 0 Å². The van der Waals surface area contributed by atoms with Crippen LogP contribution in [0.4, 0.5) is 11.5 Å². The summed E-state index contributed by atoms with van der Waals surface area (Å²) in [5.41, 5.74) is 8.23. The largest absolute Gasteiger partial charge is 0.464 e. The molecular formula is C28H26N6O3. The molecule has 9 nitrogen and oxygen atoms in total. The summed E-state index contributed by atoms with van der Waals surface area (Å²) in [6.45, 7) is 2.64. The number of ether oxygens (including phenoxy) is 1. The van der Waals surface area contributed by atoms with Crippen LogP contribution in [0.15, 0.2) is 59.5 Å². The molecule has 1 fully saturated rings. The third kappa shape index (κ3) is 3.58. The van der Waals surface area contributed by atoms with Gasteiger partial charge < -0.3 is 25.1 Å². The van der Waals surface area contributed by atoms with E-state index in [4.69, 9.17) is 14.1 Å². The van der Waals surface area contributed by atoms with E-state index >= 15 is 0 Å². The summed E-state index contributed by atoms with van der Waals surface area (Å²) in [4.78, 5) is 17.9. The highest BCUT2D eigenvalue weighted by Gasteiger charge is 2.28. The number of carbonyl (C=O) groups is 1. The lowest BCUT2D eigenvalue weighted by Crippen LogP contribution is -2.15. The number of benzene rings is 1. The Labute approximate surface area is 212 Å². The maximum Gasteiger partial charge on any atom is 0.254 e. The Morgan fingerprint density at radius 3 is 2.97 bits per heavy atom. The third-order valence-electron chi connectivity index (χ3n) is 7.35. The topological polar surface area (TPSA) is 106 Å². The Bertz CT molecular complexity index is 1660. The molecule has 37 heavy (non-hydrogen) atoms. The molecular weight excluding hydrogens is 468 g/mol. The highest BCUT2D eigenvalue weighted by Crippen LogP contribution is 2.39. The fraction of sp³-hybridized carbons (Fsp3) is 0.250. The van der Waals surface area contributed by atoms with Crippen molar-refractivity contribution in [2.75, 3.05) is 25.6 Å². The number of amides is 1. The number of nitrogens with one attached hydrogen (secondary N) is 3. The number of hydrogen-bond donors (Lipinski definition) is 3. The van der Waals surface area contributed by atoms with Gasteiger partial charge in [0.15, 0.2) is 0 Å². The van der Waals surface area contributed by atoms with E-state index in [0.717, 1.165) is 64.2 Å².